The monoisotopic (exact) mass is 333 g/mol. The van der Waals surface area contributed by atoms with E-state index in [1.807, 2.05) is 0 Å². The molecule has 1 aliphatic heterocycles. The number of nitrogens with one attached hydrogen (secondary N) is 1. The fourth-order valence-electron chi connectivity index (χ4n) is 2.42. The van der Waals surface area contributed by atoms with E-state index in [1.54, 1.807) is 11.3 Å². The largest absolute Gasteiger partial charge is 0.364 e. The predicted molar refractivity (Wildman–Crippen MR) is 87.0 cm³/mol. The van der Waals surface area contributed by atoms with Gasteiger partial charge in [-0.15, -0.1) is 23.7 Å². The van der Waals surface area contributed by atoms with Crippen LogP contribution >= 0.6 is 23.7 Å². The minimum absolute atomic E-state index is 0. The van der Waals surface area contributed by atoms with Gasteiger partial charge in [0.1, 0.15) is 11.1 Å². The number of thiazole rings is 1. The molecule has 5 nitrogen and oxygen atoms in total. The quantitative estimate of drug-likeness (QED) is 0.865. The van der Waals surface area contributed by atoms with Crippen LogP contribution in [0.4, 0.5) is 0 Å². The Morgan fingerprint density at radius 3 is 2.76 bits per heavy atom. The predicted octanol–water partition coefficient (Wildman–Crippen LogP) is 2.12. The molecule has 0 unspecified atom stereocenters. The molecule has 1 fully saturated rings. The van der Waals surface area contributed by atoms with Crippen LogP contribution in [0.3, 0.4) is 0 Å². The van der Waals surface area contributed by atoms with Gasteiger partial charge in [0, 0.05) is 11.4 Å². The van der Waals surface area contributed by atoms with E-state index in [4.69, 9.17) is 10.5 Å². The maximum absolute atomic E-state index is 12.0. The zero-order chi connectivity index (χ0) is 14.7. The minimum Gasteiger partial charge on any atom is -0.364 e. The van der Waals surface area contributed by atoms with Crippen LogP contribution in [-0.2, 0) is 16.1 Å². The number of aromatic nitrogens is 1. The summed E-state index contributed by atoms with van der Waals surface area (Å²) in [5.41, 5.74) is 6.67. The van der Waals surface area contributed by atoms with E-state index in [-0.39, 0.29) is 30.5 Å². The highest BCUT2D eigenvalue weighted by Crippen LogP contribution is 2.24. The molecule has 0 bridgehead atoms. The Morgan fingerprint density at radius 2 is 2.24 bits per heavy atom. The van der Waals surface area contributed by atoms with E-state index in [2.05, 4.69) is 31.1 Å². The number of rotatable bonds is 5. The molecular weight excluding hydrogens is 310 g/mol. The van der Waals surface area contributed by atoms with Crippen LogP contribution in [0.1, 0.15) is 48.2 Å². The first-order valence-electron chi connectivity index (χ1n) is 7.10. The number of nitrogens with two attached hydrogens (primary N) is 1. The molecule has 120 valence electrons. The van der Waals surface area contributed by atoms with Gasteiger partial charge in [-0.3, -0.25) is 4.79 Å². The molecule has 7 heteroatoms. The molecule has 2 atom stereocenters. The van der Waals surface area contributed by atoms with Crippen LogP contribution in [0.5, 0.6) is 0 Å². The first-order valence-corrected chi connectivity index (χ1v) is 7.92. The average molecular weight is 334 g/mol. The Morgan fingerprint density at radius 1 is 1.52 bits per heavy atom. The van der Waals surface area contributed by atoms with Crippen LogP contribution in [0.15, 0.2) is 0 Å². The number of carbonyl (C=O) groups is 1. The normalized spacial score (nSPS) is 21.4. The van der Waals surface area contributed by atoms with E-state index in [0.29, 0.717) is 19.0 Å². The molecule has 0 aromatic carbocycles. The summed E-state index contributed by atoms with van der Waals surface area (Å²) in [4.78, 5) is 17.8. The average Bonchev–Trinajstić information content (AvgIpc) is 3.02. The van der Waals surface area contributed by atoms with Gasteiger partial charge in [-0.05, 0) is 25.7 Å². The summed E-state index contributed by atoms with van der Waals surface area (Å²) in [6, 6.07) is 0. The van der Waals surface area contributed by atoms with Crippen molar-refractivity contribution >= 4 is 29.7 Å². The summed E-state index contributed by atoms with van der Waals surface area (Å²) < 4.78 is 5.57. The molecule has 0 saturated carbocycles. The highest BCUT2D eigenvalue weighted by molar-refractivity contribution is 7.11. The van der Waals surface area contributed by atoms with Crippen molar-refractivity contribution in [3.8, 4) is 0 Å². The molecule has 1 aromatic heterocycles. The minimum atomic E-state index is -0.353. The second-order valence-electron chi connectivity index (χ2n) is 5.48. The SMILES string of the molecule is Cc1sc(CNC(=O)[C@@H]2CC[C@H](CN)O2)nc1C(C)C.Cl. The Labute approximate surface area is 136 Å². The molecule has 2 rings (SSSR count). The number of halogens is 1. The number of carbonyl (C=O) groups excluding carboxylic acids is 1. The Bertz CT molecular complexity index is 479. The van der Waals surface area contributed by atoms with Crippen molar-refractivity contribution in [2.24, 2.45) is 5.73 Å². The summed E-state index contributed by atoms with van der Waals surface area (Å²) in [6.07, 6.45) is 1.29. The highest BCUT2D eigenvalue weighted by Gasteiger charge is 2.29. The first kappa shape index (κ1) is 18.4. The number of amides is 1. The van der Waals surface area contributed by atoms with Crippen molar-refractivity contribution in [1.82, 2.24) is 10.3 Å². The summed E-state index contributed by atoms with van der Waals surface area (Å²) in [6.45, 7) is 7.29. The zero-order valence-electron chi connectivity index (χ0n) is 12.7. The molecule has 0 spiro atoms. The van der Waals surface area contributed by atoms with Gasteiger partial charge >= 0.3 is 0 Å². The molecule has 0 aliphatic carbocycles. The molecule has 0 radical (unpaired) electrons. The van der Waals surface area contributed by atoms with Crippen molar-refractivity contribution in [2.45, 2.75) is 58.3 Å². The third-order valence-corrected chi connectivity index (χ3v) is 4.49. The van der Waals surface area contributed by atoms with E-state index in [1.165, 1.54) is 4.88 Å². The number of hydrogen-bond donors (Lipinski definition) is 2. The van der Waals surface area contributed by atoms with E-state index >= 15 is 0 Å². The lowest BCUT2D eigenvalue weighted by molar-refractivity contribution is -0.132. The van der Waals surface area contributed by atoms with Crippen molar-refractivity contribution in [3.05, 3.63) is 15.6 Å². The van der Waals surface area contributed by atoms with E-state index in [9.17, 15) is 4.79 Å². The molecular formula is C14H24ClN3O2S. The van der Waals surface area contributed by atoms with Gasteiger partial charge in [0.15, 0.2) is 0 Å². The van der Waals surface area contributed by atoms with E-state index < -0.39 is 0 Å². The van der Waals surface area contributed by atoms with Gasteiger partial charge in [-0.2, -0.15) is 0 Å². The van der Waals surface area contributed by atoms with E-state index in [0.717, 1.165) is 23.5 Å². The van der Waals surface area contributed by atoms with Crippen LogP contribution < -0.4 is 11.1 Å². The summed E-state index contributed by atoms with van der Waals surface area (Å²) in [5.74, 6) is 0.360. The van der Waals surface area contributed by atoms with Crippen LogP contribution in [-0.4, -0.2) is 29.6 Å². The smallest absolute Gasteiger partial charge is 0.249 e. The maximum Gasteiger partial charge on any atom is 0.249 e. The summed E-state index contributed by atoms with van der Waals surface area (Å²) >= 11 is 1.65. The number of aryl methyl sites for hydroxylation is 1. The molecule has 1 aromatic rings. The number of ether oxygens (including phenoxy) is 1. The second kappa shape index (κ2) is 8.08. The number of nitrogens with zero attached hydrogens (tertiary/aromatic N) is 1. The third-order valence-electron chi connectivity index (χ3n) is 3.50. The fraction of sp³-hybridized carbons (Fsp3) is 0.714. The Kier molecular flexibility index (Phi) is 7.06. The van der Waals surface area contributed by atoms with Gasteiger partial charge < -0.3 is 15.8 Å². The van der Waals surface area contributed by atoms with Gasteiger partial charge in [0.2, 0.25) is 5.91 Å². The van der Waals surface area contributed by atoms with Crippen LogP contribution in [0, 0.1) is 6.92 Å². The van der Waals surface area contributed by atoms with Gasteiger partial charge in [0.25, 0.3) is 0 Å². The molecule has 3 N–H and O–H groups in total. The summed E-state index contributed by atoms with van der Waals surface area (Å²) in [7, 11) is 0. The second-order valence-corrected chi connectivity index (χ2v) is 6.77. The fourth-order valence-corrected chi connectivity index (χ4v) is 3.45. The third kappa shape index (κ3) is 4.64. The lowest BCUT2D eigenvalue weighted by atomic mass is 10.1. The maximum atomic E-state index is 12.0. The van der Waals surface area contributed by atoms with Crippen molar-refractivity contribution in [2.75, 3.05) is 6.54 Å². The molecule has 1 aliphatic rings. The van der Waals surface area contributed by atoms with Gasteiger partial charge in [0.05, 0.1) is 18.3 Å². The molecule has 1 saturated heterocycles. The van der Waals surface area contributed by atoms with Gasteiger partial charge in [-0.1, -0.05) is 13.8 Å². The summed E-state index contributed by atoms with van der Waals surface area (Å²) in [5, 5.41) is 3.86. The van der Waals surface area contributed by atoms with Crippen LogP contribution in [0.25, 0.3) is 0 Å². The first-order chi connectivity index (χ1) is 9.51. The number of hydrogen-bond acceptors (Lipinski definition) is 5. The van der Waals surface area contributed by atoms with Crippen molar-refractivity contribution < 1.29 is 9.53 Å². The zero-order valence-corrected chi connectivity index (χ0v) is 14.4. The molecule has 2 heterocycles. The highest BCUT2D eigenvalue weighted by atomic mass is 35.5. The van der Waals surface area contributed by atoms with Gasteiger partial charge in [-0.25, -0.2) is 4.98 Å². The topological polar surface area (TPSA) is 77.2 Å². The van der Waals surface area contributed by atoms with Crippen LogP contribution in [0.2, 0.25) is 0 Å². The standard InChI is InChI=1S/C14H23N3O2S.ClH/c1-8(2)13-9(3)20-12(17-13)7-16-14(18)11-5-4-10(6-15)19-11;/h8,10-11H,4-7,15H2,1-3H3,(H,16,18);1H/t10-,11+;/m1./s1. The molecule has 21 heavy (non-hydrogen) atoms. The lowest BCUT2D eigenvalue weighted by Gasteiger charge is -2.11. The van der Waals surface area contributed by atoms with Crippen molar-refractivity contribution in [1.29, 1.82) is 0 Å². The van der Waals surface area contributed by atoms with Crippen molar-refractivity contribution in [3.63, 3.8) is 0 Å². The lowest BCUT2D eigenvalue weighted by Crippen LogP contribution is -2.35. The Balaban J connectivity index is 0.00000220. The molecule has 1 amide bonds. The Hall–Kier alpha value is -0.690.